The van der Waals surface area contributed by atoms with Gasteiger partial charge in [-0.05, 0) is 24.7 Å². The highest BCUT2D eigenvalue weighted by molar-refractivity contribution is 8.00. The van der Waals surface area contributed by atoms with Gasteiger partial charge in [-0.2, -0.15) is 16.9 Å². The lowest BCUT2D eigenvalue weighted by atomic mass is 10.2. The van der Waals surface area contributed by atoms with E-state index in [1.165, 1.54) is 30.9 Å². The monoisotopic (exact) mass is 239 g/mol. The molecule has 1 aliphatic heterocycles. The summed E-state index contributed by atoms with van der Waals surface area (Å²) in [4.78, 5) is 10.9. The summed E-state index contributed by atoms with van der Waals surface area (Å²) in [6.45, 7) is 0.754. The van der Waals surface area contributed by atoms with E-state index < -0.39 is 5.97 Å². The van der Waals surface area contributed by atoms with Gasteiger partial charge in [0.15, 0.2) is 5.82 Å². The molecule has 0 aliphatic carbocycles. The highest BCUT2D eigenvalue weighted by atomic mass is 32.2. The Bertz CT molecular complexity index is 380. The molecule has 1 aromatic rings. The maximum Gasteiger partial charge on any atom is 0.339 e. The van der Waals surface area contributed by atoms with Crippen LogP contribution in [0, 0.1) is 0 Å². The van der Waals surface area contributed by atoms with Crippen molar-refractivity contribution < 1.29 is 9.90 Å². The molecule has 0 radical (unpaired) electrons. The summed E-state index contributed by atoms with van der Waals surface area (Å²) in [7, 11) is 0. The Morgan fingerprint density at radius 1 is 1.69 bits per heavy atom. The standard InChI is InChI=1S/C10H13N3O2S/c14-10(15)8-3-4-12-13-9(8)11-6-7-2-1-5-16-7/h3-4,7H,1-2,5-6H2,(H,11,13)(H,14,15). The molecule has 2 heterocycles. The summed E-state index contributed by atoms with van der Waals surface area (Å²) in [5.74, 6) is 0.581. The second-order valence-electron chi connectivity index (χ2n) is 3.61. The Labute approximate surface area is 97.7 Å². The first-order valence-electron chi connectivity index (χ1n) is 5.18. The van der Waals surface area contributed by atoms with Gasteiger partial charge in [-0.3, -0.25) is 0 Å². The summed E-state index contributed by atoms with van der Waals surface area (Å²) >= 11 is 1.92. The number of aromatic nitrogens is 2. The highest BCUT2D eigenvalue weighted by Crippen LogP contribution is 2.26. The van der Waals surface area contributed by atoms with E-state index >= 15 is 0 Å². The van der Waals surface area contributed by atoms with Crippen LogP contribution in [0.2, 0.25) is 0 Å². The highest BCUT2D eigenvalue weighted by Gasteiger charge is 2.17. The Kier molecular flexibility index (Phi) is 3.61. The third-order valence-electron chi connectivity index (χ3n) is 2.47. The Hall–Kier alpha value is -1.30. The normalized spacial score (nSPS) is 19.6. The summed E-state index contributed by atoms with van der Waals surface area (Å²) in [5, 5.41) is 20.1. The van der Waals surface area contributed by atoms with Gasteiger partial charge in [0.2, 0.25) is 0 Å². The third kappa shape index (κ3) is 2.63. The quantitative estimate of drug-likeness (QED) is 0.829. The minimum absolute atomic E-state index is 0.179. The first-order valence-corrected chi connectivity index (χ1v) is 6.22. The van der Waals surface area contributed by atoms with E-state index in [1.54, 1.807) is 0 Å². The summed E-state index contributed by atoms with van der Waals surface area (Å²) < 4.78 is 0. The van der Waals surface area contributed by atoms with Gasteiger partial charge in [-0.1, -0.05) is 0 Å². The van der Waals surface area contributed by atoms with Crippen LogP contribution in [0.4, 0.5) is 5.82 Å². The van der Waals surface area contributed by atoms with E-state index in [0.717, 1.165) is 6.54 Å². The number of carboxylic acid groups (broad SMARTS) is 1. The van der Waals surface area contributed by atoms with Crippen molar-refractivity contribution in [2.24, 2.45) is 0 Å². The SMILES string of the molecule is O=C(O)c1ccnnc1NCC1CCCS1. The summed E-state index contributed by atoms with van der Waals surface area (Å²) in [6, 6.07) is 1.46. The number of hydrogen-bond acceptors (Lipinski definition) is 5. The average molecular weight is 239 g/mol. The number of carboxylic acids is 1. The number of anilines is 1. The number of thioether (sulfide) groups is 1. The fourth-order valence-corrected chi connectivity index (χ4v) is 2.85. The van der Waals surface area contributed by atoms with Gasteiger partial charge in [0, 0.05) is 11.8 Å². The average Bonchev–Trinajstić information content (AvgIpc) is 2.79. The molecule has 1 fully saturated rings. The Balaban J connectivity index is 2.00. The molecule has 16 heavy (non-hydrogen) atoms. The zero-order valence-electron chi connectivity index (χ0n) is 8.72. The fourth-order valence-electron chi connectivity index (χ4n) is 1.65. The van der Waals surface area contributed by atoms with Crippen LogP contribution in [-0.4, -0.2) is 38.8 Å². The maximum atomic E-state index is 10.9. The van der Waals surface area contributed by atoms with Gasteiger partial charge in [0.25, 0.3) is 0 Å². The van der Waals surface area contributed by atoms with Crippen LogP contribution in [0.1, 0.15) is 23.2 Å². The van der Waals surface area contributed by atoms with Crippen molar-refractivity contribution in [3.63, 3.8) is 0 Å². The van der Waals surface area contributed by atoms with Crippen molar-refractivity contribution in [3.05, 3.63) is 17.8 Å². The second kappa shape index (κ2) is 5.16. The molecule has 0 amide bonds. The molecule has 2 rings (SSSR count). The van der Waals surface area contributed by atoms with Crippen LogP contribution in [0.25, 0.3) is 0 Å². The van der Waals surface area contributed by atoms with Crippen LogP contribution in [0.5, 0.6) is 0 Å². The zero-order valence-corrected chi connectivity index (χ0v) is 9.54. The maximum absolute atomic E-state index is 10.9. The number of rotatable bonds is 4. The van der Waals surface area contributed by atoms with Crippen LogP contribution in [0.3, 0.4) is 0 Å². The Morgan fingerprint density at radius 2 is 2.56 bits per heavy atom. The molecule has 1 aliphatic rings. The van der Waals surface area contributed by atoms with Crippen LogP contribution in [-0.2, 0) is 0 Å². The lowest BCUT2D eigenvalue weighted by molar-refractivity contribution is 0.0697. The third-order valence-corrected chi connectivity index (χ3v) is 3.87. The van der Waals surface area contributed by atoms with Crippen LogP contribution in [0.15, 0.2) is 12.3 Å². The van der Waals surface area contributed by atoms with Crippen LogP contribution < -0.4 is 5.32 Å². The summed E-state index contributed by atoms with van der Waals surface area (Å²) in [5.41, 5.74) is 0.179. The molecule has 2 N–H and O–H groups in total. The lowest BCUT2D eigenvalue weighted by Crippen LogP contribution is -2.17. The zero-order chi connectivity index (χ0) is 11.4. The topological polar surface area (TPSA) is 75.1 Å². The molecule has 0 aromatic carbocycles. The summed E-state index contributed by atoms with van der Waals surface area (Å²) in [6.07, 6.45) is 3.81. The smallest absolute Gasteiger partial charge is 0.339 e. The van der Waals surface area contributed by atoms with Crippen molar-refractivity contribution in [1.29, 1.82) is 0 Å². The van der Waals surface area contributed by atoms with Crippen LogP contribution >= 0.6 is 11.8 Å². The number of nitrogens with zero attached hydrogens (tertiary/aromatic N) is 2. The van der Waals surface area contributed by atoms with E-state index in [9.17, 15) is 4.79 Å². The van der Waals surface area contributed by atoms with Crippen molar-refractivity contribution in [2.45, 2.75) is 18.1 Å². The predicted molar refractivity (Wildman–Crippen MR) is 63.0 cm³/mol. The van der Waals surface area contributed by atoms with Gasteiger partial charge in [-0.15, -0.1) is 5.10 Å². The van der Waals surface area contributed by atoms with Crippen molar-refractivity contribution in [1.82, 2.24) is 10.2 Å². The molecule has 0 bridgehead atoms. The van der Waals surface area contributed by atoms with Gasteiger partial charge in [-0.25, -0.2) is 4.79 Å². The molecule has 86 valence electrons. The number of nitrogens with one attached hydrogen (secondary N) is 1. The van der Waals surface area contributed by atoms with Crippen molar-refractivity contribution in [2.75, 3.05) is 17.6 Å². The first-order chi connectivity index (χ1) is 7.77. The second-order valence-corrected chi connectivity index (χ2v) is 5.02. The van der Waals surface area contributed by atoms with Gasteiger partial charge < -0.3 is 10.4 Å². The first kappa shape index (κ1) is 11.2. The molecule has 1 atom stereocenters. The molecule has 0 spiro atoms. The van der Waals surface area contributed by atoms with E-state index in [-0.39, 0.29) is 5.56 Å². The number of aromatic carboxylic acids is 1. The van der Waals surface area contributed by atoms with Gasteiger partial charge >= 0.3 is 5.97 Å². The Morgan fingerprint density at radius 3 is 3.25 bits per heavy atom. The fraction of sp³-hybridized carbons (Fsp3) is 0.500. The molecule has 5 nitrogen and oxygen atoms in total. The minimum atomic E-state index is -0.975. The van der Waals surface area contributed by atoms with E-state index in [2.05, 4.69) is 15.5 Å². The molecular formula is C10H13N3O2S. The number of hydrogen-bond donors (Lipinski definition) is 2. The largest absolute Gasteiger partial charge is 0.478 e. The molecule has 1 saturated heterocycles. The van der Waals surface area contributed by atoms with Crippen molar-refractivity contribution >= 4 is 23.5 Å². The molecule has 6 heteroatoms. The van der Waals surface area contributed by atoms with Crippen molar-refractivity contribution in [3.8, 4) is 0 Å². The minimum Gasteiger partial charge on any atom is -0.478 e. The lowest BCUT2D eigenvalue weighted by Gasteiger charge is -2.11. The van der Waals surface area contributed by atoms with Gasteiger partial charge in [0.1, 0.15) is 5.56 Å². The van der Waals surface area contributed by atoms with E-state index in [4.69, 9.17) is 5.11 Å². The van der Waals surface area contributed by atoms with Gasteiger partial charge in [0.05, 0.1) is 6.20 Å². The molecule has 1 aromatic heterocycles. The molecule has 0 saturated carbocycles. The molecule has 1 unspecified atom stereocenters. The number of carbonyl (C=O) groups is 1. The van der Waals surface area contributed by atoms with E-state index in [1.807, 2.05) is 11.8 Å². The molecular weight excluding hydrogens is 226 g/mol. The predicted octanol–water partition coefficient (Wildman–Crippen LogP) is 1.48. The van der Waals surface area contributed by atoms with E-state index in [0.29, 0.717) is 11.1 Å².